The first kappa shape index (κ1) is 15.3. The summed E-state index contributed by atoms with van der Waals surface area (Å²) >= 11 is 5.77. The lowest BCUT2D eigenvalue weighted by atomic mass is 10.1. The molecule has 1 heterocycles. The fraction of sp³-hybridized carbons (Fsp3) is 0.462. The maximum Gasteiger partial charge on any atom is 0.324 e. The molecule has 0 aromatic heterocycles. The first-order valence-corrected chi connectivity index (χ1v) is 8.14. The van der Waals surface area contributed by atoms with E-state index in [4.69, 9.17) is 16.3 Å². The summed E-state index contributed by atoms with van der Waals surface area (Å²) in [6, 6.07) is 5.19. The van der Waals surface area contributed by atoms with Crippen molar-refractivity contribution in [2.24, 2.45) is 0 Å². The number of ether oxygens (including phenoxy) is 1. The van der Waals surface area contributed by atoms with Gasteiger partial charge in [-0.15, -0.1) is 0 Å². The van der Waals surface area contributed by atoms with Crippen molar-refractivity contribution < 1.29 is 17.9 Å². The number of benzene rings is 1. The van der Waals surface area contributed by atoms with Crippen LogP contribution in [0.3, 0.4) is 0 Å². The Balaban J connectivity index is 2.35. The van der Waals surface area contributed by atoms with Crippen molar-refractivity contribution in [3.05, 3.63) is 29.3 Å². The summed E-state index contributed by atoms with van der Waals surface area (Å²) in [6.45, 7) is 0.324. The van der Waals surface area contributed by atoms with Crippen LogP contribution < -0.4 is 0 Å². The summed E-state index contributed by atoms with van der Waals surface area (Å²) in [5.41, 5.74) is 0. The lowest BCUT2D eigenvalue weighted by molar-refractivity contribution is -0.146. The van der Waals surface area contributed by atoms with Crippen molar-refractivity contribution in [2.45, 2.75) is 30.2 Å². The summed E-state index contributed by atoms with van der Waals surface area (Å²) in [5, 5.41) is 0.465. The molecule has 1 aromatic rings. The van der Waals surface area contributed by atoms with Gasteiger partial charge in [0.2, 0.25) is 10.0 Å². The molecule has 2 rings (SSSR count). The molecule has 1 aromatic carbocycles. The van der Waals surface area contributed by atoms with Gasteiger partial charge in [-0.25, -0.2) is 8.42 Å². The van der Waals surface area contributed by atoms with E-state index >= 15 is 0 Å². The zero-order valence-electron chi connectivity index (χ0n) is 11.1. The molecule has 7 heteroatoms. The van der Waals surface area contributed by atoms with E-state index in [0.29, 0.717) is 18.0 Å². The molecule has 0 radical (unpaired) electrons. The highest BCUT2D eigenvalue weighted by Crippen LogP contribution is 2.26. The lowest BCUT2D eigenvalue weighted by Crippen LogP contribution is -2.48. The predicted octanol–water partition coefficient (Wildman–Crippen LogP) is 2.06. The van der Waals surface area contributed by atoms with E-state index in [1.165, 1.54) is 35.7 Å². The number of carbonyl (C=O) groups excluding carboxylic acids is 1. The Labute approximate surface area is 123 Å². The van der Waals surface area contributed by atoms with E-state index in [-0.39, 0.29) is 4.90 Å². The molecule has 110 valence electrons. The number of esters is 1. The zero-order chi connectivity index (χ0) is 14.8. The molecule has 0 N–H and O–H groups in total. The number of sulfonamides is 1. The number of rotatable bonds is 3. The minimum absolute atomic E-state index is 0.137. The SMILES string of the molecule is COC(=O)C1CCCCN1S(=O)(=O)c1ccc(Cl)cc1. The Morgan fingerprint density at radius 3 is 2.55 bits per heavy atom. The van der Waals surface area contributed by atoms with Crippen molar-refractivity contribution in [2.75, 3.05) is 13.7 Å². The molecule has 1 saturated heterocycles. The smallest absolute Gasteiger partial charge is 0.324 e. The maximum atomic E-state index is 12.6. The quantitative estimate of drug-likeness (QED) is 0.800. The highest BCUT2D eigenvalue weighted by atomic mass is 35.5. The summed E-state index contributed by atoms with van der Waals surface area (Å²) in [5.74, 6) is -0.512. The average Bonchev–Trinajstić information content (AvgIpc) is 2.47. The number of methoxy groups -OCH3 is 1. The molecule has 0 amide bonds. The molecule has 1 fully saturated rings. The van der Waals surface area contributed by atoms with Gasteiger partial charge >= 0.3 is 5.97 Å². The normalized spacial score (nSPS) is 20.6. The van der Waals surface area contributed by atoms with Crippen LogP contribution >= 0.6 is 11.6 Å². The van der Waals surface area contributed by atoms with Gasteiger partial charge in [-0.05, 0) is 43.5 Å². The molecule has 0 spiro atoms. The fourth-order valence-corrected chi connectivity index (χ4v) is 4.08. The zero-order valence-corrected chi connectivity index (χ0v) is 12.7. The van der Waals surface area contributed by atoms with Crippen LogP contribution in [0.1, 0.15) is 19.3 Å². The monoisotopic (exact) mass is 317 g/mol. The third-order valence-corrected chi connectivity index (χ3v) is 5.52. The van der Waals surface area contributed by atoms with Crippen molar-refractivity contribution >= 4 is 27.6 Å². The standard InChI is InChI=1S/C13H16ClNO4S/c1-19-13(16)12-4-2-3-9-15(12)20(17,18)11-7-5-10(14)6-8-11/h5-8,12H,2-4,9H2,1H3. The second-order valence-electron chi connectivity index (χ2n) is 4.60. The van der Waals surface area contributed by atoms with Crippen molar-refractivity contribution in [1.29, 1.82) is 0 Å². The van der Waals surface area contributed by atoms with Gasteiger partial charge in [0.15, 0.2) is 0 Å². The summed E-state index contributed by atoms with van der Waals surface area (Å²) < 4.78 is 31.1. The number of halogens is 1. The summed E-state index contributed by atoms with van der Waals surface area (Å²) in [4.78, 5) is 11.9. The first-order chi connectivity index (χ1) is 9.46. The van der Waals surface area contributed by atoms with Crippen LogP contribution in [-0.2, 0) is 19.6 Å². The van der Waals surface area contributed by atoms with Gasteiger partial charge in [0.1, 0.15) is 6.04 Å². The van der Waals surface area contributed by atoms with Gasteiger partial charge in [-0.3, -0.25) is 4.79 Å². The number of nitrogens with zero attached hydrogens (tertiary/aromatic N) is 1. The number of hydrogen-bond acceptors (Lipinski definition) is 4. The van der Waals surface area contributed by atoms with Crippen molar-refractivity contribution in [3.63, 3.8) is 0 Å². The van der Waals surface area contributed by atoms with E-state index in [9.17, 15) is 13.2 Å². The van der Waals surface area contributed by atoms with Crippen LogP contribution in [0, 0.1) is 0 Å². The first-order valence-electron chi connectivity index (χ1n) is 6.32. The molecule has 1 aliphatic heterocycles. The second-order valence-corrected chi connectivity index (χ2v) is 6.93. The molecule has 0 aliphatic carbocycles. The van der Waals surface area contributed by atoms with E-state index < -0.39 is 22.0 Å². The van der Waals surface area contributed by atoms with Gasteiger partial charge in [0.05, 0.1) is 12.0 Å². The maximum absolute atomic E-state index is 12.6. The van der Waals surface area contributed by atoms with E-state index in [0.717, 1.165) is 12.8 Å². The molecule has 5 nitrogen and oxygen atoms in total. The molecule has 1 atom stereocenters. The average molecular weight is 318 g/mol. The fourth-order valence-electron chi connectivity index (χ4n) is 2.31. The van der Waals surface area contributed by atoms with Gasteiger partial charge in [-0.1, -0.05) is 11.6 Å². The van der Waals surface area contributed by atoms with E-state index in [1.54, 1.807) is 0 Å². The lowest BCUT2D eigenvalue weighted by Gasteiger charge is -2.32. The van der Waals surface area contributed by atoms with Crippen LogP contribution in [0.15, 0.2) is 29.2 Å². The highest BCUT2D eigenvalue weighted by Gasteiger charge is 2.38. The predicted molar refractivity (Wildman–Crippen MR) is 75.0 cm³/mol. The number of piperidine rings is 1. The summed E-state index contributed by atoms with van der Waals surface area (Å²) in [6.07, 6.45) is 2.03. The Kier molecular flexibility index (Phi) is 4.67. The van der Waals surface area contributed by atoms with E-state index in [1.807, 2.05) is 0 Å². The summed E-state index contributed by atoms with van der Waals surface area (Å²) in [7, 11) is -2.44. The topological polar surface area (TPSA) is 63.7 Å². The molecular weight excluding hydrogens is 302 g/mol. The van der Waals surface area contributed by atoms with Crippen molar-refractivity contribution in [3.8, 4) is 0 Å². The third kappa shape index (κ3) is 2.97. The minimum Gasteiger partial charge on any atom is -0.468 e. The van der Waals surface area contributed by atoms with Crippen LogP contribution in [0.2, 0.25) is 5.02 Å². The van der Waals surface area contributed by atoms with Crippen LogP contribution in [0.25, 0.3) is 0 Å². The number of hydrogen-bond donors (Lipinski definition) is 0. The second kappa shape index (κ2) is 6.11. The minimum atomic E-state index is -3.71. The highest BCUT2D eigenvalue weighted by molar-refractivity contribution is 7.89. The Bertz CT molecular complexity index is 585. The molecular formula is C13H16ClNO4S. The van der Waals surface area contributed by atoms with Gasteiger partial charge < -0.3 is 4.74 Å². The largest absolute Gasteiger partial charge is 0.468 e. The molecule has 1 aliphatic rings. The Morgan fingerprint density at radius 2 is 1.95 bits per heavy atom. The van der Waals surface area contributed by atoms with Gasteiger partial charge in [0, 0.05) is 11.6 Å². The molecule has 1 unspecified atom stereocenters. The van der Waals surface area contributed by atoms with Crippen molar-refractivity contribution in [1.82, 2.24) is 4.31 Å². The van der Waals surface area contributed by atoms with Gasteiger partial charge in [0.25, 0.3) is 0 Å². The third-order valence-electron chi connectivity index (χ3n) is 3.35. The van der Waals surface area contributed by atoms with Crippen LogP contribution in [0.4, 0.5) is 0 Å². The molecule has 0 bridgehead atoms. The molecule has 0 saturated carbocycles. The van der Waals surface area contributed by atoms with Crippen LogP contribution in [-0.4, -0.2) is 38.4 Å². The number of carbonyl (C=O) groups is 1. The van der Waals surface area contributed by atoms with Gasteiger partial charge in [-0.2, -0.15) is 4.31 Å². The Morgan fingerprint density at radius 1 is 1.30 bits per heavy atom. The Hall–Kier alpha value is -1.11. The van der Waals surface area contributed by atoms with E-state index in [2.05, 4.69) is 0 Å². The molecule has 20 heavy (non-hydrogen) atoms. The van der Waals surface area contributed by atoms with Crippen LogP contribution in [0.5, 0.6) is 0 Å².